The van der Waals surface area contributed by atoms with Gasteiger partial charge in [-0.1, -0.05) is 0 Å². The quantitative estimate of drug-likeness (QED) is 0.693. The van der Waals surface area contributed by atoms with E-state index in [4.69, 9.17) is 0 Å². The summed E-state index contributed by atoms with van der Waals surface area (Å²) in [4.78, 5) is 4.71. The van der Waals surface area contributed by atoms with Crippen LogP contribution in [0.5, 0.6) is 0 Å². The zero-order chi connectivity index (χ0) is 10.3. The molecular weight excluding hydrogens is 249 g/mol. The van der Waals surface area contributed by atoms with Crippen molar-refractivity contribution in [3.8, 4) is 0 Å². The molecule has 0 bridgehead atoms. The van der Waals surface area contributed by atoms with Crippen molar-refractivity contribution in [1.82, 2.24) is 4.57 Å². The number of hydrogen-bond acceptors (Lipinski definition) is 0. The van der Waals surface area contributed by atoms with E-state index in [1.807, 2.05) is 0 Å². The Morgan fingerprint density at radius 1 is 1.07 bits per heavy atom. The normalized spacial score (nSPS) is 15.5. The van der Waals surface area contributed by atoms with E-state index in [9.17, 15) is 0 Å². The van der Waals surface area contributed by atoms with Gasteiger partial charge in [0.1, 0.15) is 0 Å². The molecule has 75 valence electrons. The second kappa shape index (κ2) is 3.41. The summed E-state index contributed by atoms with van der Waals surface area (Å²) in [6, 6.07) is 10.9. The third kappa shape index (κ3) is 1.38. The van der Waals surface area contributed by atoms with Crippen LogP contribution in [0.2, 0.25) is 0 Å². The Kier molecular flexibility index (Phi) is 2.05. The molecule has 15 heavy (non-hydrogen) atoms. The number of fused-ring (bicyclic) bond motifs is 1. The van der Waals surface area contributed by atoms with Crippen LogP contribution < -0.4 is 4.59 Å². The summed E-state index contributed by atoms with van der Waals surface area (Å²) in [6.45, 7) is 0. The minimum absolute atomic E-state index is 0.812. The van der Waals surface area contributed by atoms with Crippen LogP contribution in [0.1, 0.15) is 0 Å². The van der Waals surface area contributed by atoms with Crippen molar-refractivity contribution < 1.29 is 0 Å². The van der Waals surface area contributed by atoms with E-state index in [0.29, 0.717) is 0 Å². The molecule has 0 amide bonds. The Morgan fingerprint density at radius 3 is 2.53 bits per heavy atom. The molecule has 1 nitrogen and oxygen atoms in total. The maximum absolute atomic E-state index is 2.36. The van der Waals surface area contributed by atoms with Gasteiger partial charge in [0.05, 0.1) is 0 Å². The van der Waals surface area contributed by atoms with Crippen molar-refractivity contribution in [2.24, 2.45) is 7.05 Å². The number of nitrogens with zero attached hydrogens (tertiary/aromatic N) is 1. The molecule has 0 saturated heterocycles. The predicted molar refractivity (Wildman–Crippen MR) is 66.6 cm³/mol. The molecule has 0 unspecified atom stereocenters. The van der Waals surface area contributed by atoms with Crippen LogP contribution in [0.4, 0.5) is 0 Å². The molecule has 1 aromatic carbocycles. The van der Waals surface area contributed by atoms with Gasteiger partial charge in [0, 0.05) is 0 Å². The molecule has 1 aliphatic heterocycles. The van der Waals surface area contributed by atoms with E-state index in [1.165, 1.54) is 15.5 Å². The van der Waals surface area contributed by atoms with Gasteiger partial charge in [0.2, 0.25) is 0 Å². The standard InChI is InChI=1S/C13H12NSe/c1-14-12-7-3-2-6-11(12)10-13(14)15-8-4-5-9-15/h2-10H,1H3. The summed E-state index contributed by atoms with van der Waals surface area (Å²) in [5.74, 6) is 0. The van der Waals surface area contributed by atoms with Crippen molar-refractivity contribution in [3.63, 3.8) is 0 Å². The number of aromatic nitrogens is 1. The molecular formula is C13H12NSe. The van der Waals surface area contributed by atoms with E-state index in [-0.39, 0.29) is 0 Å². The summed E-state index contributed by atoms with van der Waals surface area (Å²) in [6.07, 6.45) is 4.34. The van der Waals surface area contributed by atoms with Crippen LogP contribution in [0, 0.1) is 0 Å². The topological polar surface area (TPSA) is 4.93 Å². The van der Waals surface area contributed by atoms with Gasteiger partial charge in [-0.2, -0.15) is 0 Å². The van der Waals surface area contributed by atoms with Crippen LogP contribution >= 0.6 is 0 Å². The van der Waals surface area contributed by atoms with Gasteiger partial charge in [-0.15, -0.1) is 0 Å². The van der Waals surface area contributed by atoms with Gasteiger partial charge >= 0.3 is 93.4 Å². The number of hydrogen-bond donors (Lipinski definition) is 0. The number of allylic oxidation sites excluding steroid dienone is 2. The predicted octanol–water partition coefficient (Wildman–Crippen LogP) is 2.08. The molecule has 2 heteroatoms. The molecule has 0 spiro atoms. The first-order chi connectivity index (χ1) is 7.36. The first kappa shape index (κ1) is 9.02. The molecule has 0 fully saturated rings. The van der Waals surface area contributed by atoms with Crippen LogP contribution in [-0.4, -0.2) is 18.5 Å². The summed E-state index contributed by atoms with van der Waals surface area (Å²) in [5, 5.41) is 1.35. The van der Waals surface area contributed by atoms with E-state index >= 15 is 0 Å². The molecule has 1 aliphatic rings. The molecule has 2 aromatic rings. The zero-order valence-electron chi connectivity index (χ0n) is 8.55. The number of benzene rings is 1. The SMILES string of the molecule is Cn1c([Se]2C=CC=C2)cc2ccccc21. The Bertz CT molecular complexity index is 551. The summed E-state index contributed by atoms with van der Waals surface area (Å²) >= 11 is -0.812. The summed E-state index contributed by atoms with van der Waals surface area (Å²) in [5.41, 5.74) is 1.34. The molecule has 0 atom stereocenters. The van der Waals surface area contributed by atoms with Crippen LogP contribution in [0.3, 0.4) is 0 Å². The Balaban J connectivity index is 2.23. The maximum atomic E-state index is 2.36. The number of aryl methyl sites for hydroxylation is 1. The second-order valence-corrected chi connectivity index (χ2v) is 7.21. The van der Waals surface area contributed by atoms with Crippen LogP contribution in [0.15, 0.2) is 52.4 Å². The van der Waals surface area contributed by atoms with Gasteiger partial charge < -0.3 is 0 Å². The van der Waals surface area contributed by atoms with Gasteiger partial charge in [-0.3, -0.25) is 0 Å². The fourth-order valence-corrected chi connectivity index (χ4v) is 5.22. The van der Waals surface area contributed by atoms with E-state index < -0.39 is 13.9 Å². The second-order valence-electron chi connectivity index (χ2n) is 3.63. The molecule has 0 saturated carbocycles. The first-order valence-electron chi connectivity index (χ1n) is 4.97. The van der Waals surface area contributed by atoms with Crippen molar-refractivity contribution in [2.45, 2.75) is 0 Å². The molecule has 3 rings (SSSR count). The van der Waals surface area contributed by atoms with E-state index in [1.54, 1.807) is 0 Å². The van der Waals surface area contributed by atoms with Crippen LogP contribution in [0.25, 0.3) is 10.9 Å². The van der Waals surface area contributed by atoms with Gasteiger partial charge in [-0.05, 0) is 0 Å². The van der Waals surface area contributed by atoms with Crippen molar-refractivity contribution in [3.05, 3.63) is 52.4 Å². The Hall–Kier alpha value is -1.24. The van der Waals surface area contributed by atoms with Crippen LogP contribution in [-0.2, 0) is 7.05 Å². The summed E-state index contributed by atoms with van der Waals surface area (Å²) < 4.78 is 3.82. The first-order valence-corrected chi connectivity index (χ1v) is 7.81. The van der Waals surface area contributed by atoms with Crippen molar-refractivity contribution in [2.75, 3.05) is 0 Å². The minimum atomic E-state index is -0.812. The Morgan fingerprint density at radius 2 is 1.80 bits per heavy atom. The van der Waals surface area contributed by atoms with Gasteiger partial charge in [0.25, 0.3) is 0 Å². The third-order valence-electron chi connectivity index (χ3n) is 2.71. The average molecular weight is 261 g/mol. The molecule has 0 N–H and O–H groups in total. The van der Waals surface area contributed by atoms with Crippen molar-refractivity contribution >= 4 is 29.4 Å². The third-order valence-corrected chi connectivity index (χ3v) is 6.44. The van der Waals surface area contributed by atoms with Gasteiger partial charge in [0.15, 0.2) is 0 Å². The molecule has 1 aromatic heterocycles. The number of para-hydroxylation sites is 1. The fraction of sp³-hybridized carbons (Fsp3) is 0.0769. The van der Waals surface area contributed by atoms with Crippen molar-refractivity contribution in [1.29, 1.82) is 0 Å². The summed E-state index contributed by atoms with van der Waals surface area (Å²) in [7, 11) is 2.17. The monoisotopic (exact) mass is 262 g/mol. The zero-order valence-corrected chi connectivity index (χ0v) is 10.3. The average Bonchev–Trinajstić information content (AvgIpc) is 2.87. The molecule has 0 aliphatic carbocycles. The molecule has 2 heterocycles. The fourth-order valence-electron chi connectivity index (χ4n) is 1.93. The van der Waals surface area contributed by atoms with E-state index in [0.717, 1.165) is 0 Å². The van der Waals surface area contributed by atoms with Gasteiger partial charge in [-0.25, -0.2) is 0 Å². The van der Waals surface area contributed by atoms with E-state index in [2.05, 4.69) is 64.0 Å². The molecule has 1 radical (unpaired) electrons. The number of rotatable bonds is 1. The Labute approximate surface area is 93.6 Å².